The van der Waals surface area contributed by atoms with Gasteiger partial charge in [-0.15, -0.1) is 11.3 Å². The Labute approximate surface area is 208 Å². The van der Waals surface area contributed by atoms with E-state index in [1.54, 1.807) is 19.1 Å². The molecule has 1 aliphatic carbocycles. The zero-order valence-electron chi connectivity index (χ0n) is 20.1. The molecule has 6 nitrogen and oxygen atoms in total. The predicted molar refractivity (Wildman–Crippen MR) is 135 cm³/mol. The molecule has 0 fully saturated rings. The topological polar surface area (TPSA) is 81.4 Å². The average molecular weight is 501 g/mol. The Morgan fingerprint density at radius 3 is 2.71 bits per heavy atom. The highest BCUT2D eigenvalue weighted by Gasteiger charge is 2.36. The van der Waals surface area contributed by atoms with Crippen molar-refractivity contribution in [2.45, 2.75) is 53.4 Å². The number of nitrogens with zero attached hydrogens (tertiary/aromatic N) is 1. The van der Waals surface area contributed by atoms with Gasteiger partial charge in [-0.05, 0) is 49.1 Å². The van der Waals surface area contributed by atoms with Crippen LogP contribution < -0.4 is 5.32 Å². The van der Waals surface area contributed by atoms with Crippen LogP contribution in [0.3, 0.4) is 0 Å². The van der Waals surface area contributed by atoms with Gasteiger partial charge in [-0.1, -0.05) is 62.1 Å². The maximum absolute atomic E-state index is 13.4. The van der Waals surface area contributed by atoms with Gasteiger partial charge in [0.15, 0.2) is 0 Å². The van der Waals surface area contributed by atoms with E-state index in [0.717, 1.165) is 36.1 Å². The molecule has 0 radical (unpaired) electrons. The molecule has 4 rings (SSSR count). The highest BCUT2D eigenvalue weighted by molar-refractivity contribution is 7.17. The smallest absolute Gasteiger partial charge is 0.341 e. The van der Waals surface area contributed by atoms with E-state index in [1.165, 1.54) is 18.4 Å². The number of anilines is 1. The predicted octanol–water partition coefficient (Wildman–Crippen LogP) is 6.94. The lowest BCUT2D eigenvalue weighted by Gasteiger charge is -2.36. The van der Waals surface area contributed by atoms with Crippen molar-refractivity contribution in [3.8, 4) is 11.3 Å². The summed E-state index contributed by atoms with van der Waals surface area (Å²) in [5.74, 6) is 0.0557. The summed E-state index contributed by atoms with van der Waals surface area (Å²) in [6.07, 6.45) is 3.77. The summed E-state index contributed by atoms with van der Waals surface area (Å²) in [5, 5.41) is 8.02. The molecule has 0 aliphatic heterocycles. The molecule has 0 saturated carbocycles. The first-order valence-corrected chi connectivity index (χ1v) is 12.6. The van der Waals surface area contributed by atoms with Crippen molar-refractivity contribution in [3.63, 3.8) is 0 Å². The Morgan fingerprint density at radius 2 is 2.03 bits per heavy atom. The molecular formula is C26H29ClN2O4S. The van der Waals surface area contributed by atoms with Gasteiger partial charge in [0.25, 0.3) is 5.91 Å². The van der Waals surface area contributed by atoms with Crippen LogP contribution in [-0.4, -0.2) is 24.1 Å². The van der Waals surface area contributed by atoms with Gasteiger partial charge in [-0.2, -0.15) is 0 Å². The molecule has 2 heterocycles. The van der Waals surface area contributed by atoms with Gasteiger partial charge in [0, 0.05) is 10.4 Å². The second-order valence-electron chi connectivity index (χ2n) is 9.38. The molecule has 2 aromatic heterocycles. The van der Waals surface area contributed by atoms with E-state index < -0.39 is 11.9 Å². The molecular weight excluding hydrogens is 472 g/mol. The highest BCUT2D eigenvalue weighted by Crippen LogP contribution is 2.46. The lowest BCUT2D eigenvalue weighted by molar-refractivity contribution is 0.0600. The minimum absolute atomic E-state index is 0.208. The van der Waals surface area contributed by atoms with E-state index in [9.17, 15) is 9.59 Å². The van der Waals surface area contributed by atoms with E-state index in [4.69, 9.17) is 20.9 Å². The number of nitrogens with one attached hydrogen (secondary N) is 1. The molecule has 0 spiro atoms. The zero-order valence-corrected chi connectivity index (χ0v) is 21.7. The second-order valence-corrected chi connectivity index (χ2v) is 10.9. The summed E-state index contributed by atoms with van der Waals surface area (Å²) in [4.78, 5) is 27.3. The molecule has 0 saturated heterocycles. The normalized spacial score (nSPS) is 15.6. The third-order valence-corrected chi connectivity index (χ3v) is 8.62. The van der Waals surface area contributed by atoms with Crippen LogP contribution in [0.1, 0.15) is 70.5 Å². The molecule has 1 aromatic carbocycles. The number of carbonyl (C=O) groups is 2. The van der Waals surface area contributed by atoms with Crippen LogP contribution in [0.4, 0.5) is 5.00 Å². The van der Waals surface area contributed by atoms with Crippen molar-refractivity contribution in [2.75, 3.05) is 12.4 Å². The maximum atomic E-state index is 13.4. The van der Waals surface area contributed by atoms with Crippen LogP contribution in [0.25, 0.3) is 11.3 Å². The lowest BCUT2D eigenvalue weighted by atomic mass is 9.69. The summed E-state index contributed by atoms with van der Waals surface area (Å²) in [7, 11) is 1.36. The Morgan fingerprint density at radius 1 is 1.29 bits per heavy atom. The Balaban J connectivity index is 1.71. The first kappa shape index (κ1) is 24.5. The van der Waals surface area contributed by atoms with Crippen LogP contribution in [0.15, 0.2) is 28.8 Å². The van der Waals surface area contributed by atoms with Crippen molar-refractivity contribution < 1.29 is 18.8 Å². The van der Waals surface area contributed by atoms with Gasteiger partial charge in [0.1, 0.15) is 22.0 Å². The molecule has 3 aromatic rings. The van der Waals surface area contributed by atoms with Crippen molar-refractivity contribution in [1.82, 2.24) is 5.16 Å². The van der Waals surface area contributed by atoms with Crippen LogP contribution in [0, 0.1) is 18.3 Å². The molecule has 8 heteroatoms. The minimum atomic E-state index is -0.436. The highest BCUT2D eigenvalue weighted by atomic mass is 35.5. The van der Waals surface area contributed by atoms with Crippen molar-refractivity contribution in [3.05, 3.63) is 56.6 Å². The summed E-state index contributed by atoms with van der Waals surface area (Å²) in [6.45, 7) is 8.49. The van der Waals surface area contributed by atoms with Crippen LogP contribution in [0.5, 0.6) is 0 Å². The Bertz CT molecular complexity index is 1240. The quantitative estimate of drug-likeness (QED) is 0.370. The van der Waals surface area contributed by atoms with Crippen LogP contribution >= 0.6 is 22.9 Å². The number of hydrogen-bond donors (Lipinski definition) is 1. The average Bonchev–Trinajstić information content (AvgIpc) is 3.38. The molecule has 1 amide bonds. The number of thiophene rings is 1. The fourth-order valence-electron chi connectivity index (χ4n) is 4.59. The molecule has 1 unspecified atom stereocenters. The molecule has 180 valence electrons. The first-order valence-electron chi connectivity index (χ1n) is 11.4. The third kappa shape index (κ3) is 4.39. The Kier molecular flexibility index (Phi) is 6.87. The lowest BCUT2D eigenvalue weighted by Crippen LogP contribution is -2.28. The number of rotatable bonds is 6. The van der Waals surface area contributed by atoms with E-state index in [-0.39, 0.29) is 5.41 Å². The number of hydrogen-bond acceptors (Lipinski definition) is 6. The molecule has 0 bridgehead atoms. The van der Waals surface area contributed by atoms with Gasteiger partial charge < -0.3 is 14.6 Å². The number of ether oxygens (including phenoxy) is 1. The summed E-state index contributed by atoms with van der Waals surface area (Å²) in [5.41, 5.74) is 2.92. The van der Waals surface area contributed by atoms with Gasteiger partial charge >= 0.3 is 5.97 Å². The largest absolute Gasteiger partial charge is 0.465 e. The van der Waals surface area contributed by atoms with Crippen molar-refractivity contribution in [1.29, 1.82) is 0 Å². The second kappa shape index (κ2) is 9.55. The number of carbonyl (C=O) groups excluding carboxylic acids is 2. The van der Waals surface area contributed by atoms with E-state index in [1.807, 2.05) is 12.1 Å². The zero-order chi connectivity index (χ0) is 24.6. The van der Waals surface area contributed by atoms with E-state index in [2.05, 4.69) is 31.2 Å². The van der Waals surface area contributed by atoms with Crippen LogP contribution in [0.2, 0.25) is 5.02 Å². The maximum Gasteiger partial charge on any atom is 0.341 e. The number of aryl methyl sites for hydroxylation is 1. The summed E-state index contributed by atoms with van der Waals surface area (Å²) < 4.78 is 10.4. The van der Waals surface area contributed by atoms with Gasteiger partial charge in [-0.3, -0.25) is 4.79 Å². The van der Waals surface area contributed by atoms with Gasteiger partial charge in [0.05, 0.1) is 17.7 Å². The number of halogens is 1. The number of methoxy groups -OCH3 is 1. The fraction of sp³-hybridized carbons (Fsp3) is 0.423. The van der Waals surface area contributed by atoms with Gasteiger partial charge in [-0.25, -0.2) is 4.79 Å². The third-order valence-electron chi connectivity index (χ3n) is 7.12. The van der Waals surface area contributed by atoms with E-state index in [0.29, 0.717) is 44.1 Å². The van der Waals surface area contributed by atoms with Gasteiger partial charge in [0.2, 0.25) is 0 Å². The van der Waals surface area contributed by atoms with E-state index >= 15 is 0 Å². The summed E-state index contributed by atoms with van der Waals surface area (Å²) in [6, 6.07) is 7.16. The molecule has 34 heavy (non-hydrogen) atoms. The Hall–Kier alpha value is -2.64. The number of amides is 1. The van der Waals surface area contributed by atoms with Crippen molar-refractivity contribution in [2.24, 2.45) is 11.3 Å². The number of fused-ring (bicyclic) bond motifs is 1. The van der Waals surface area contributed by atoms with Crippen LogP contribution in [-0.2, 0) is 17.6 Å². The minimum Gasteiger partial charge on any atom is -0.465 e. The number of benzene rings is 1. The SMILES string of the molecule is CCC(C)(C)C1CCc2c(sc(NC(=O)c3c(-c4ccccc4Cl)noc3C)c2C(=O)OC)C1. The number of esters is 1. The fourth-order valence-corrected chi connectivity index (χ4v) is 6.13. The molecule has 1 aliphatic rings. The molecule has 1 N–H and O–H groups in total. The standard InChI is InChI=1S/C26H29ClN2O4S/c1-6-26(3,4)15-11-12-17-19(13-15)34-24(21(17)25(31)32-5)28-23(30)20-14(2)33-29-22(20)16-9-7-8-10-18(16)27/h7-10,15H,6,11-13H2,1-5H3,(H,28,30). The summed E-state index contributed by atoms with van der Waals surface area (Å²) >= 11 is 7.81. The first-order chi connectivity index (χ1) is 16.2. The molecule has 1 atom stereocenters. The van der Waals surface area contributed by atoms with Crippen molar-refractivity contribution >= 4 is 39.8 Å². The monoisotopic (exact) mass is 500 g/mol. The number of aromatic nitrogens is 1.